The highest BCUT2D eigenvalue weighted by Crippen LogP contribution is 2.34. The lowest BCUT2D eigenvalue weighted by Crippen LogP contribution is -2.16. The van der Waals surface area contributed by atoms with Crippen LogP contribution in [0.15, 0.2) is 84.6 Å². The Morgan fingerprint density at radius 2 is 1.47 bits per heavy atom. The molecule has 0 heterocycles. The van der Waals surface area contributed by atoms with Crippen molar-refractivity contribution < 1.29 is 19.1 Å². The molecule has 0 aliphatic heterocycles. The molecule has 7 nitrogen and oxygen atoms in total. The van der Waals surface area contributed by atoms with Crippen molar-refractivity contribution >= 4 is 17.1 Å². The van der Waals surface area contributed by atoms with Gasteiger partial charge in [0.05, 0.1) is 24.7 Å². The maximum atomic E-state index is 11.0. The molecule has 0 bridgehead atoms. The number of nitro groups is 1. The van der Waals surface area contributed by atoms with Crippen molar-refractivity contribution in [3.63, 3.8) is 0 Å². The summed E-state index contributed by atoms with van der Waals surface area (Å²) in [5, 5.41) is 11.0. The number of benzene rings is 2. The van der Waals surface area contributed by atoms with Crippen molar-refractivity contribution in [3.05, 3.63) is 94.7 Å². The minimum absolute atomic E-state index is 0.0653. The minimum Gasteiger partial charge on any atom is -0.491 e. The van der Waals surface area contributed by atoms with Crippen molar-refractivity contribution in [2.75, 3.05) is 37.9 Å². The van der Waals surface area contributed by atoms with Gasteiger partial charge in [-0.2, -0.15) is 0 Å². The van der Waals surface area contributed by atoms with Crippen LogP contribution >= 0.6 is 0 Å². The van der Waals surface area contributed by atoms with Crippen LogP contribution in [0.3, 0.4) is 0 Å². The first kappa shape index (κ1) is 26.8. The SMILES string of the molecule is CC.CCOCCOCCOc1ccc(N(C2=CC=CC=CC2)c2ccc([N+](=O)[O-])cc2)cc1. The van der Waals surface area contributed by atoms with Gasteiger partial charge >= 0.3 is 0 Å². The fourth-order valence-corrected chi connectivity index (χ4v) is 3.21. The zero-order valence-corrected chi connectivity index (χ0v) is 20.2. The van der Waals surface area contributed by atoms with Gasteiger partial charge < -0.3 is 19.1 Å². The zero-order chi connectivity index (χ0) is 24.6. The molecule has 0 saturated heterocycles. The molecule has 3 rings (SSSR count). The van der Waals surface area contributed by atoms with Gasteiger partial charge in [-0.1, -0.05) is 38.2 Å². The molecule has 0 aromatic heterocycles. The highest BCUT2D eigenvalue weighted by molar-refractivity contribution is 5.70. The zero-order valence-electron chi connectivity index (χ0n) is 20.2. The van der Waals surface area contributed by atoms with Gasteiger partial charge in [0.25, 0.3) is 5.69 Å². The molecule has 0 unspecified atom stereocenters. The molecular weight excluding hydrogens is 432 g/mol. The molecule has 0 saturated carbocycles. The number of allylic oxidation sites excluding steroid dienone is 5. The fraction of sp³-hybridized carbons (Fsp3) is 0.333. The van der Waals surface area contributed by atoms with E-state index in [2.05, 4.69) is 11.0 Å². The van der Waals surface area contributed by atoms with Gasteiger partial charge in [0, 0.05) is 42.2 Å². The number of hydrogen-bond acceptors (Lipinski definition) is 6. The first-order valence-corrected chi connectivity index (χ1v) is 11.6. The molecule has 2 aromatic rings. The molecular formula is C27H34N2O5. The number of anilines is 2. The molecule has 0 N–H and O–H groups in total. The average Bonchev–Trinajstić information content (AvgIpc) is 3.15. The first-order chi connectivity index (χ1) is 16.7. The van der Waals surface area contributed by atoms with Crippen LogP contribution in [0, 0.1) is 10.1 Å². The van der Waals surface area contributed by atoms with E-state index in [0.717, 1.165) is 29.2 Å². The van der Waals surface area contributed by atoms with E-state index in [1.54, 1.807) is 12.1 Å². The Morgan fingerprint density at radius 1 is 0.853 bits per heavy atom. The van der Waals surface area contributed by atoms with Gasteiger partial charge in [-0.25, -0.2) is 0 Å². The first-order valence-electron chi connectivity index (χ1n) is 11.6. The molecule has 34 heavy (non-hydrogen) atoms. The van der Waals surface area contributed by atoms with Gasteiger partial charge in [-0.3, -0.25) is 10.1 Å². The molecule has 0 fully saturated rings. The van der Waals surface area contributed by atoms with E-state index in [4.69, 9.17) is 14.2 Å². The predicted octanol–water partition coefficient (Wildman–Crippen LogP) is 6.59. The van der Waals surface area contributed by atoms with E-state index < -0.39 is 4.92 Å². The maximum Gasteiger partial charge on any atom is 0.269 e. The molecule has 0 atom stereocenters. The standard InChI is InChI=1S/C25H28N2O5.C2H6/c1-2-30-17-18-31-19-20-32-25-15-13-23(14-16-25)26(21-7-5-3-4-6-8-21)22-9-11-24(12-10-22)27(28)29;1-2/h3-7,9-16H,2,8,17-20H2,1H3;1-2H3. The highest BCUT2D eigenvalue weighted by atomic mass is 16.6. The molecule has 7 heteroatoms. The van der Waals surface area contributed by atoms with E-state index in [1.165, 1.54) is 12.1 Å². The van der Waals surface area contributed by atoms with Crippen molar-refractivity contribution in [2.24, 2.45) is 0 Å². The summed E-state index contributed by atoms with van der Waals surface area (Å²) in [5.41, 5.74) is 2.91. The van der Waals surface area contributed by atoms with Gasteiger partial charge in [0.2, 0.25) is 0 Å². The molecule has 0 amide bonds. The molecule has 1 aliphatic carbocycles. The Hall–Kier alpha value is -3.42. The molecule has 1 aliphatic rings. The van der Waals surface area contributed by atoms with Crippen LogP contribution < -0.4 is 9.64 Å². The summed E-state index contributed by atoms with van der Waals surface area (Å²) in [6.45, 7) is 8.73. The number of rotatable bonds is 12. The molecule has 2 aromatic carbocycles. The van der Waals surface area contributed by atoms with Crippen LogP contribution in [0.4, 0.5) is 17.1 Å². The maximum absolute atomic E-state index is 11.0. The highest BCUT2D eigenvalue weighted by Gasteiger charge is 2.16. The number of nitrogens with zero attached hydrogens (tertiary/aromatic N) is 2. The Bertz CT molecular complexity index is 950. The lowest BCUT2D eigenvalue weighted by atomic mass is 10.1. The Kier molecular flexibility index (Phi) is 12.2. The molecule has 182 valence electrons. The van der Waals surface area contributed by atoms with Crippen molar-refractivity contribution in [1.82, 2.24) is 0 Å². The third-order valence-electron chi connectivity index (χ3n) is 4.75. The second-order valence-electron chi connectivity index (χ2n) is 6.94. The van der Waals surface area contributed by atoms with E-state index in [1.807, 2.05) is 69.3 Å². The summed E-state index contributed by atoms with van der Waals surface area (Å²) in [5.74, 6) is 0.750. The summed E-state index contributed by atoms with van der Waals surface area (Å²) in [6, 6.07) is 14.4. The molecule has 0 radical (unpaired) electrons. The van der Waals surface area contributed by atoms with Crippen LogP contribution in [0.5, 0.6) is 5.75 Å². The largest absolute Gasteiger partial charge is 0.491 e. The minimum atomic E-state index is -0.392. The Balaban J connectivity index is 0.00000199. The number of hydrogen-bond donors (Lipinski definition) is 0. The third kappa shape index (κ3) is 8.50. The van der Waals surface area contributed by atoms with E-state index in [-0.39, 0.29) is 5.69 Å². The second-order valence-corrected chi connectivity index (χ2v) is 6.94. The van der Waals surface area contributed by atoms with Crippen LogP contribution in [-0.4, -0.2) is 38.0 Å². The van der Waals surface area contributed by atoms with Crippen LogP contribution in [0.1, 0.15) is 27.2 Å². The molecule has 0 spiro atoms. The fourth-order valence-electron chi connectivity index (χ4n) is 3.21. The third-order valence-corrected chi connectivity index (χ3v) is 4.75. The second kappa shape index (κ2) is 15.4. The van der Waals surface area contributed by atoms with E-state index in [9.17, 15) is 10.1 Å². The monoisotopic (exact) mass is 466 g/mol. The summed E-state index contributed by atoms with van der Waals surface area (Å²) in [4.78, 5) is 12.7. The summed E-state index contributed by atoms with van der Waals surface area (Å²) in [6.07, 6.45) is 10.8. The average molecular weight is 467 g/mol. The quantitative estimate of drug-likeness (QED) is 0.200. The lowest BCUT2D eigenvalue weighted by Gasteiger charge is -2.27. The predicted molar refractivity (Wildman–Crippen MR) is 137 cm³/mol. The van der Waals surface area contributed by atoms with Gasteiger partial charge in [-0.05, 0) is 49.4 Å². The van der Waals surface area contributed by atoms with Gasteiger partial charge in [0.1, 0.15) is 12.4 Å². The Morgan fingerprint density at radius 3 is 2.12 bits per heavy atom. The summed E-state index contributed by atoms with van der Waals surface area (Å²) in [7, 11) is 0. The van der Waals surface area contributed by atoms with Crippen LogP contribution in [-0.2, 0) is 9.47 Å². The van der Waals surface area contributed by atoms with Crippen molar-refractivity contribution in [1.29, 1.82) is 0 Å². The topological polar surface area (TPSA) is 74.1 Å². The van der Waals surface area contributed by atoms with E-state index in [0.29, 0.717) is 33.0 Å². The van der Waals surface area contributed by atoms with Crippen molar-refractivity contribution in [3.8, 4) is 5.75 Å². The van der Waals surface area contributed by atoms with Gasteiger partial charge in [0.15, 0.2) is 0 Å². The number of nitro benzene ring substituents is 1. The van der Waals surface area contributed by atoms with Crippen LogP contribution in [0.2, 0.25) is 0 Å². The summed E-state index contributed by atoms with van der Waals surface area (Å²) < 4.78 is 16.5. The smallest absolute Gasteiger partial charge is 0.269 e. The van der Waals surface area contributed by atoms with Crippen molar-refractivity contribution in [2.45, 2.75) is 27.2 Å². The summed E-state index contributed by atoms with van der Waals surface area (Å²) >= 11 is 0. The number of ether oxygens (including phenoxy) is 3. The van der Waals surface area contributed by atoms with Crippen LogP contribution in [0.25, 0.3) is 0 Å². The van der Waals surface area contributed by atoms with E-state index >= 15 is 0 Å². The number of non-ortho nitro benzene ring substituents is 1. The Labute approximate surface area is 202 Å². The normalized spacial score (nSPS) is 12.3. The lowest BCUT2D eigenvalue weighted by molar-refractivity contribution is -0.384. The van der Waals surface area contributed by atoms with Gasteiger partial charge in [-0.15, -0.1) is 0 Å².